The second kappa shape index (κ2) is 4.63. The number of aryl methyl sites for hydroxylation is 1. The monoisotopic (exact) mass is 228 g/mol. The number of rotatable bonds is 4. The van der Waals surface area contributed by atoms with Crippen molar-refractivity contribution in [1.29, 1.82) is 0 Å². The highest BCUT2D eigenvalue weighted by Gasteiger charge is 2.18. The minimum Gasteiger partial charge on any atom is -0.329 e. The number of benzene rings is 1. The van der Waals surface area contributed by atoms with Gasteiger partial charge in [-0.05, 0) is 18.6 Å². The van der Waals surface area contributed by atoms with E-state index in [0.717, 1.165) is 5.56 Å². The topological polar surface area (TPSA) is 63.4 Å². The number of anilines is 1. The first-order valence-corrected chi connectivity index (χ1v) is 6.32. The lowest BCUT2D eigenvalue weighted by Crippen LogP contribution is -2.32. The number of para-hydroxylation sites is 1. The van der Waals surface area contributed by atoms with Gasteiger partial charge in [0.05, 0.1) is 11.4 Å². The first kappa shape index (κ1) is 12.0. The van der Waals surface area contributed by atoms with Gasteiger partial charge in [-0.15, -0.1) is 0 Å². The molecule has 1 aromatic rings. The molecule has 2 N–H and O–H groups in total. The van der Waals surface area contributed by atoms with Crippen LogP contribution in [0.2, 0.25) is 0 Å². The van der Waals surface area contributed by atoms with Crippen molar-refractivity contribution in [3.63, 3.8) is 0 Å². The van der Waals surface area contributed by atoms with Gasteiger partial charge in [0.2, 0.25) is 10.0 Å². The summed E-state index contributed by atoms with van der Waals surface area (Å²) in [7, 11) is -1.73. The highest BCUT2D eigenvalue weighted by atomic mass is 32.2. The van der Waals surface area contributed by atoms with E-state index >= 15 is 0 Å². The molecule has 0 aliphatic carbocycles. The molecule has 0 aromatic heterocycles. The van der Waals surface area contributed by atoms with E-state index in [-0.39, 0.29) is 12.3 Å². The Morgan fingerprint density at radius 1 is 1.33 bits per heavy atom. The molecule has 1 rings (SSSR count). The zero-order valence-corrected chi connectivity index (χ0v) is 9.79. The Bertz CT molecular complexity index is 429. The van der Waals surface area contributed by atoms with Crippen LogP contribution >= 0.6 is 0 Å². The van der Waals surface area contributed by atoms with Gasteiger partial charge < -0.3 is 5.73 Å². The van der Waals surface area contributed by atoms with Crippen molar-refractivity contribution in [3.8, 4) is 0 Å². The first-order chi connectivity index (χ1) is 6.99. The largest absolute Gasteiger partial charge is 0.329 e. The molecule has 0 fully saturated rings. The lowest BCUT2D eigenvalue weighted by Gasteiger charge is -2.20. The summed E-state index contributed by atoms with van der Waals surface area (Å²) >= 11 is 0. The third-order valence-corrected chi connectivity index (χ3v) is 4.03. The third-order valence-electron chi connectivity index (χ3n) is 2.25. The van der Waals surface area contributed by atoms with Crippen molar-refractivity contribution in [2.24, 2.45) is 5.73 Å². The summed E-state index contributed by atoms with van der Waals surface area (Å²) in [5, 5.41) is 0. The highest BCUT2D eigenvalue weighted by molar-refractivity contribution is 7.92. The van der Waals surface area contributed by atoms with Crippen molar-refractivity contribution >= 4 is 15.7 Å². The molecule has 0 bridgehead atoms. The predicted octanol–water partition coefficient (Wildman–Crippen LogP) is 0.720. The van der Waals surface area contributed by atoms with Gasteiger partial charge in [0, 0.05) is 13.6 Å². The van der Waals surface area contributed by atoms with Gasteiger partial charge in [0.15, 0.2) is 0 Å². The van der Waals surface area contributed by atoms with Crippen molar-refractivity contribution in [2.45, 2.75) is 6.92 Å². The van der Waals surface area contributed by atoms with Crippen LogP contribution in [-0.2, 0) is 10.0 Å². The fraction of sp³-hybridized carbons (Fsp3) is 0.400. The van der Waals surface area contributed by atoms with Crippen LogP contribution in [0.4, 0.5) is 5.69 Å². The molecule has 1 aromatic carbocycles. The average molecular weight is 228 g/mol. The third kappa shape index (κ3) is 2.70. The molecule has 0 spiro atoms. The Hall–Kier alpha value is -1.07. The van der Waals surface area contributed by atoms with Crippen LogP contribution in [0, 0.1) is 6.92 Å². The maximum Gasteiger partial charge on any atom is 0.236 e. The van der Waals surface area contributed by atoms with E-state index in [1.165, 1.54) is 4.31 Å². The molecule has 0 heterocycles. The lowest BCUT2D eigenvalue weighted by atomic mass is 10.2. The van der Waals surface area contributed by atoms with Crippen LogP contribution in [0.25, 0.3) is 0 Å². The van der Waals surface area contributed by atoms with Gasteiger partial charge >= 0.3 is 0 Å². The van der Waals surface area contributed by atoms with Crippen LogP contribution in [0.15, 0.2) is 24.3 Å². The van der Waals surface area contributed by atoms with Crippen molar-refractivity contribution in [3.05, 3.63) is 29.8 Å². The first-order valence-electron chi connectivity index (χ1n) is 4.71. The molecule has 84 valence electrons. The smallest absolute Gasteiger partial charge is 0.236 e. The molecule has 15 heavy (non-hydrogen) atoms. The highest BCUT2D eigenvalue weighted by Crippen LogP contribution is 2.20. The maximum absolute atomic E-state index is 11.7. The summed E-state index contributed by atoms with van der Waals surface area (Å²) in [6.45, 7) is 2.02. The van der Waals surface area contributed by atoms with E-state index in [4.69, 9.17) is 5.73 Å². The molecule has 0 unspecified atom stereocenters. The van der Waals surface area contributed by atoms with E-state index in [1.54, 1.807) is 13.1 Å². The SMILES string of the molecule is Cc1ccccc1N(C)S(=O)(=O)CCN. The summed E-state index contributed by atoms with van der Waals surface area (Å²) in [5.41, 5.74) is 6.89. The Kier molecular flexibility index (Phi) is 3.71. The molecular formula is C10H16N2O2S. The molecule has 0 saturated carbocycles. The minimum atomic E-state index is -3.28. The molecule has 0 aliphatic heterocycles. The Morgan fingerprint density at radius 3 is 2.47 bits per heavy atom. The molecule has 0 amide bonds. The number of hydrogen-bond acceptors (Lipinski definition) is 3. The maximum atomic E-state index is 11.7. The number of hydrogen-bond donors (Lipinski definition) is 1. The van der Waals surface area contributed by atoms with Gasteiger partial charge in [-0.2, -0.15) is 0 Å². The second-order valence-electron chi connectivity index (χ2n) is 3.36. The standard InChI is InChI=1S/C10H16N2O2S/c1-9-5-3-4-6-10(9)12(2)15(13,14)8-7-11/h3-6H,7-8,11H2,1-2H3. The summed E-state index contributed by atoms with van der Waals surface area (Å²) in [5.74, 6) is -0.0299. The number of nitrogens with zero attached hydrogens (tertiary/aromatic N) is 1. The molecule has 0 radical (unpaired) electrons. The summed E-state index contributed by atoms with van der Waals surface area (Å²) in [4.78, 5) is 0. The quantitative estimate of drug-likeness (QED) is 0.826. The van der Waals surface area contributed by atoms with Gasteiger partial charge in [0.1, 0.15) is 0 Å². The van der Waals surface area contributed by atoms with E-state index in [2.05, 4.69) is 0 Å². The van der Waals surface area contributed by atoms with Gasteiger partial charge in [-0.25, -0.2) is 8.42 Å². The number of sulfonamides is 1. The zero-order valence-electron chi connectivity index (χ0n) is 8.97. The minimum absolute atomic E-state index is 0.0299. The Balaban J connectivity index is 3.05. The molecule has 0 atom stereocenters. The predicted molar refractivity (Wildman–Crippen MR) is 62.4 cm³/mol. The molecule has 0 aliphatic rings. The van der Waals surface area contributed by atoms with E-state index < -0.39 is 10.0 Å². The summed E-state index contributed by atoms with van der Waals surface area (Å²) in [6, 6.07) is 7.35. The lowest BCUT2D eigenvalue weighted by molar-refractivity contribution is 0.594. The van der Waals surface area contributed by atoms with Gasteiger partial charge in [-0.3, -0.25) is 4.31 Å². The zero-order chi connectivity index (χ0) is 11.5. The van der Waals surface area contributed by atoms with E-state index in [0.29, 0.717) is 5.69 Å². The van der Waals surface area contributed by atoms with Crippen LogP contribution < -0.4 is 10.0 Å². The van der Waals surface area contributed by atoms with Crippen LogP contribution in [0.1, 0.15) is 5.56 Å². The number of nitrogens with two attached hydrogens (primary N) is 1. The van der Waals surface area contributed by atoms with E-state index in [9.17, 15) is 8.42 Å². The Labute approximate surface area is 90.8 Å². The van der Waals surface area contributed by atoms with E-state index in [1.807, 2.05) is 25.1 Å². The fourth-order valence-corrected chi connectivity index (χ4v) is 2.43. The molecule has 4 nitrogen and oxygen atoms in total. The summed E-state index contributed by atoms with van der Waals surface area (Å²) in [6.07, 6.45) is 0. The summed E-state index contributed by atoms with van der Waals surface area (Å²) < 4.78 is 24.7. The van der Waals surface area contributed by atoms with Crippen molar-refractivity contribution in [2.75, 3.05) is 23.7 Å². The van der Waals surface area contributed by atoms with Crippen molar-refractivity contribution in [1.82, 2.24) is 0 Å². The average Bonchev–Trinajstić information content (AvgIpc) is 2.17. The molecular weight excluding hydrogens is 212 g/mol. The molecule has 5 heteroatoms. The second-order valence-corrected chi connectivity index (χ2v) is 5.48. The molecule has 0 saturated heterocycles. The fourth-order valence-electron chi connectivity index (χ4n) is 1.35. The van der Waals surface area contributed by atoms with Gasteiger partial charge in [0.25, 0.3) is 0 Å². The van der Waals surface area contributed by atoms with Crippen molar-refractivity contribution < 1.29 is 8.42 Å². The van der Waals surface area contributed by atoms with Crippen LogP contribution in [0.5, 0.6) is 0 Å². The Morgan fingerprint density at radius 2 is 1.93 bits per heavy atom. The van der Waals surface area contributed by atoms with Crippen LogP contribution in [-0.4, -0.2) is 27.8 Å². The van der Waals surface area contributed by atoms with Crippen LogP contribution in [0.3, 0.4) is 0 Å². The normalized spacial score (nSPS) is 11.4. The van der Waals surface area contributed by atoms with Gasteiger partial charge in [-0.1, -0.05) is 18.2 Å².